The van der Waals surface area contributed by atoms with E-state index in [1.165, 1.54) is 11.3 Å². The van der Waals surface area contributed by atoms with Crippen molar-refractivity contribution in [2.45, 2.75) is 24.3 Å². The molecule has 3 nitrogen and oxygen atoms in total. The van der Waals surface area contributed by atoms with Gasteiger partial charge in [0.25, 0.3) is 0 Å². The van der Waals surface area contributed by atoms with E-state index in [-0.39, 0.29) is 0 Å². The number of guanidine groups is 1. The summed E-state index contributed by atoms with van der Waals surface area (Å²) in [6.07, 6.45) is 1.26. The summed E-state index contributed by atoms with van der Waals surface area (Å²) in [4.78, 5) is 5.55. The van der Waals surface area contributed by atoms with Crippen LogP contribution in [0.15, 0.2) is 40.2 Å². The number of thioether (sulfide) groups is 1. The first-order valence-electron chi connectivity index (χ1n) is 6.44. The van der Waals surface area contributed by atoms with E-state index >= 15 is 0 Å². The van der Waals surface area contributed by atoms with Crippen LogP contribution in [0.3, 0.4) is 0 Å². The number of nitrogens with zero attached hydrogens (tertiary/aromatic N) is 1. The Morgan fingerprint density at radius 1 is 1.39 bits per heavy atom. The molecule has 18 heavy (non-hydrogen) atoms. The Balaban J connectivity index is 1.62. The third kappa shape index (κ3) is 4.26. The van der Waals surface area contributed by atoms with Gasteiger partial charge in [0, 0.05) is 30.3 Å². The van der Waals surface area contributed by atoms with Crippen molar-refractivity contribution in [3.05, 3.63) is 30.3 Å². The van der Waals surface area contributed by atoms with Gasteiger partial charge in [0.1, 0.15) is 0 Å². The fourth-order valence-electron chi connectivity index (χ4n) is 1.75. The third-order valence-electron chi connectivity index (χ3n) is 3.06. The summed E-state index contributed by atoms with van der Waals surface area (Å²) in [5.41, 5.74) is 0. The molecule has 1 aliphatic rings. The molecule has 1 aromatic rings. The minimum Gasteiger partial charge on any atom is -0.356 e. The van der Waals surface area contributed by atoms with Gasteiger partial charge in [-0.15, -0.1) is 11.8 Å². The van der Waals surface area contributed by atoms with Crippen LogP contribution in [0.5, 0.6) is 0 Å². The number of hydrogen-bond acceptors (Lipinski definition) is 2. The van der Waals surface area contributed by atoms with E-state index in [2.05, 4.69) is 46.8 Å². The first kappa shape index (κ1) is 13.3. The van der Waals surface area contributed by atoms with Gasteiger partial charge in [-0.3, -0.25) is 4.99 Å². The van der Waals surface area contributed by atoms with Gasteiger partial charge in [-0.25, -0.2) is 0 Å². The minimum atomic E-state index is 0.623. The predicted molar refractivity (Wildman–Crippen MR) is 79.2 cm³/mol. The average molecular weight is 263 g/mol. The van der Waals surface area contributed by atoms with Crippen LogP contribution in [0.2, 0.25) is 0 Å². The van der Waals surface area contributed by atoms with Crippen LogP contribution < -0.4 is 10.6 Å². The minimum absolute atomic E-state index is 0.623. The predicted octanol–water partition coefficient (Wildman–Crippen LogP) is 2.35. The lowest BCUT2D eigenvalue weighted by Gasteiger charge is -2.11. The molecule has 1 aromatic carbocycles. The summed E-state index contributed by atoms with van der Waals surface area (Å²) < 4.78 is 0. The summed E-state index contributed by atoms with van der Waals surface area (Å²) in [5.74, 6) is 2.77. The molecule has 4 heteroatoms. The van der Waals surface area contributed by atoms with Gasteiger partial charge in [0.05, 0.1) is 0 Å². The SMILES string of the molecule is CN=C(NCCSc1ccccc1)NC1CC1C. The Morgan fingerprint density at radius 3 is 2.72 bits per heavy atom. The molecule has 0 spiro atoms. The summed E-state index contributed by atoms with van der Waals surface area (Å²) in [6, 6.07) is 11.1. The highest BCUT2D eigenvalue weighted by atomic mass is 32.2. The molecule has 2 unspecified atom stereocenters. The second kappa shape index (κ2) is 6.69. The van der Waals surface area contributed by atoms with Crippen molar-refractivity contribution in [3.8, 4) is 0 Å². The van der Waals surface area contributed by atoms with Crippen LogP contribution in [0.4, 0.5) is 0 Å². The van der Waals surface area contributed by atoms with Crippen molar-refractivity contribution in [1.82, 2.24) is 10.6 Å². The fraction of sp³-hybridized carbons (Fsp3) is 0.500. The van der Waals surface area contributed by atoms with Gasteiger partial charge in [-0.2, -0.15) is 0 Å². The highest BCUT2D eigenvalue weighted by molar-refractivity contribution is 7.99. The highest BCUT2D eigenvalue weighted by Gasteiger charge is 2.32. The van der Waals surface area contributed by atoms with Crippen LogP contribution in [-0.2, 0) is 0 Å². The van der Waals surface area contributed by atoms with Gasteiger partial charge in [-0.1, -0.05) is 25.1 Å². The molecule has 0 radical (unpaired) electrons. The van der Waals surface area contributed by atoms with E-state index in [9.17, 15) is 0 Å². The molecule has 2 atom stereocenters. The first-order valence-corrected chi connectivity index (χ1v) is 7.43. The molecular formula is C14H21N3S. The average Bonchev–Trinajstić information content (AvgIpc) is 3.10. The molecule has 0 amide bonds. The first-order chi connectivity index (χ1) is 8.79. The molecular weight excluding hydrogens is 242 g/mol. The largest absolute Gasteiger partial charge is 0.356 e. The van der Waals surface area contributed by atoms with Gasteiger partial charge in [-0.05, 0) is 24.5 Å². The van der Waals surface area contributed by atoms with E-state index in [0.717, 1.165) is 24.2 Å². The van der Waals surface area contributed by atoms with Gasteiger partial charge in [0.2, 0.25) is 0 Å². The molecule has 98 valence electrons. The van der Waals surface area contributed by atoms with E-state index in [4.69, 9.17) is 0 Å². The van der Waals surface area contributed by atoms with E-state index < -0.39 is 0 Å². The van der Waals surface area contributed by atoms with Crippen LogP contribution in [-0.4, -0.2) is 31.3 Å². The van der Waals surface area contributed by atoms with Crippen molar-refractivity contribution in [2.75, 3.05) is 19.3 Å². The zero-order chi connectivity index (χ0) is 12.8. The zero-order valence-electron chi connectivity index (χ0n) is 11.0. The molecule has 1 saturated carbocycles. The lowest BCUT2D eigenvalue weighted by molar-refractivity contribution is 0.775. The van der Waals surface area contributed by atoms with Crippen LogP contribution in [0, 0.1) is 5.92 Å². The zero-order valence-corrected chi connectivity index (χ0v) is 11.8. The normalized spacial score (nSPS) is 22.7. The quantitative estimate of drug-likeness (QED) is 0.370. The van der Waals surface area contributed by atoms with Crippen LogP contribution in [0.1, 0.15) is 13.3 Å². The number of nitrogens with one attached hydrogen (secondary N) is 2. The number of benzene rings is 1. The number of rotatable bonds is 5. The topological polar surface area (TPSA) is 36.4 Å². The van der Waals surface area contributed by atoms with Gasteiger partial charge in [0.15, 0.2) is 5.96 Å². The number of hydrogen-bond donors (Lipinski definition) is 2. The lowest BCUT2D eigenvalue weighted by Crippen LogP contribution is -2.40. The Bertz CT molecular complexity index is 391. The van der Waals surface area contributed by atoms with E-state index in [1.54, 1.807) is 0 Å². The molecule has 0 heterocycles. The monoisotopic (exact) mass is 263 g/mol. The molecule has 2 rings (SSSR count). The van der Waals surface area contributed by atoms with Crippen molar-refractivity contribution in [3.63, 3.8) is 0 Å². The summed E-state index contributed by atoms with van der Waals surface area (Å²) >= 11 is 1.86. The standard InChI is InChI=1S/C14H21N3S/c1-11-10-13(11)17-14(15-2)16-8-9-18-12-6-4-3-5-7-12/h3-7,11,13H,8-10H2,1-2H3,(H2,15,16,17). The molecule has 0 bridgehead atoms. The maximum absolute atomic E-state index is 4.23. The molecule has 0 saturated heterocycles. The molecule has 2 N–H and O–H groups in total. The Labute approximate surface area is 113 Å². The van der Waals surface area contributed by atoms with Gasteiger partial charge < -0.3 is 10.6 Å². The highest BCUT2D eigenvalue weighted by Crippen LogP contribution is 2.28. The summed E-state index contributed by atoms with van der Waals surface area (Å²) in [7, 11) is 1.83. The Morgan fingerprint density at radius 2 is 2.11 bits per heavy atom. The van der Waals surface area contributed by atoms with E-state index in [1.807, 2.05) is 24.9 Å². The second-order valence-corrected chi connectivity index (χ2v) is 5.79. The third-order valence-corrected chi connectivity index (χ3v) is 4.08. The molecule has 0 aromatic heterocycles. The smallest absolute Gasteiger partial charge is 0.191 e. The summed E-state index contributed by atoms with van der Waals surface area (Å²) in [6.45, 7) is 3.19. The fourth-order valence-corrected chi connectivity index (χ4v) is 2.54. The Kier molecular flexibility index (Phi) is 4.93. The summed E-state index contributed by atoms with van der Waals surface area (Å²) in [5, 5.41) is 6.77. The van der Waals surface area contributed by atoms with Gasteiger partial charge >= 0.3 is 0 Å². The van der Waals surface area contributed by atoms with E-state index in [0.29, 0.717) is 6.04 Å². The van der Waals surface area contributed by atoms with Crippen LogP contribution >= 0.6 is 11.8 Å². The van der Waals surface area contributed by atoms with Crippen LogP contribution in [0.25, 0.3) is 0 Å². The Hall–Kier alpha value is -1.16. The van der Waals surface area contributed by atoms with Crippen molar-refractivity contribution < 1.29 is 0 Å². The molecule has 1 aliphatic carbocycles. The van der Waals surface area contributed by atoms with Crippen molar-refractivity contribution >= 4 is 17.7 Å². The maximum atomic E-state index is 4.23. The van der Waals surface area contributed by atoms with Crippen molar-refractivity contribution in [2.24, 2.45) is 10.9 Å². The maximum Gasteiger partial charge on any atom is 0.191 e. The molecule has 1 fully saturated rings. The lowest BCUT2D eigenvalue weighted by atomic mass is 10.4. The molecule has 0 aliphatic heterocycles. The number of aliphatic imine (C=N–C) groups is 1. The van der Waals surface area contributed by atoms with Crippen molar-refractivity contribution in [1.29, 1.82) is 0 Å². The second-order valence-electron chi connectivity index (χ2n) is 4.62.